The smallest absolute Gasteiger partial charge is 0.307 e. The highest BCUT2D eigenvalue weighted by Gasteiger charge is 2.14. The summed E-state index contributed by atoms with van der Waals surface area (Å²) < 4.78 is 5.35. The lowest BCUT2D eigenvalue weighted by Gasteiger charge is -2.22. The molecule has 1 amide bonds. The Morgan fingerprint density at radius 1 is 0.688 bits per heavy atom. The molecule has 0 aromatic heterocycles. The normalized spacial score (nSPS) is 11.4. The van der Waals surface area contributed by atoms with Crippen LogP contribution in [0.2, 0.25) is 0 Å². The number of ether oxygens (including phenoxy) is 1. The van der Waals surface area contributed by atoms with Crippen molar-refractivity contribution in [3.05, 3.63) is 12.2 Å². The molecule has 0 heterocycles. The average Bonchev–Trinajstić information content (AvgIpc) is 2.77. The van der Waals surface area contributed by atoms with E-state index < -0.39 is 0 Å². The zero-order chi connectivity index (χ0) is 23.9. The van der Waals surface area contributed by atoms with Crippen molar-refractivity contribution in [3.63, 3.8) is 0 Å². The number of hydrogen-bond acceptors (Lipinski definition) is 4. The van der Waals surface area contributed by atoms with Gasteiger partial charge in [-0.25, -0.2) is 0 Å². The van der Waals surface area contributed by atoms with Crippen molar-refractivity contribution < 1.29 is 14.3 Å². The van der Waals surface area contributed by atoms with Gasteiger partial charge in [0.05, 0.1) is 0 Å². The Labute approximate surface area is 198 Å². The number of allylic oxidation sites excluding steroid dienone is 2. The van der Waals surface area contributed by atoms with E-state index in [0.717, 1.165) is 19.3 Å². The molecule has 5 nitrogen and oxygen atoms in total. The highest BCUT2D eigenvalue weighted by Crippen LogP contribution is 2.10. The van der Waals surface area contributed by atoms with E-state index >= 15 is 0 Å². The number of hydrogen-bond donors (Lipinski definition) is 0. The van der Waals surface area contributed by atoms with Crippen molar-refractivity contribution in [1.82, 2.24) is 9.80 Å². The minimum absolute atomic E-state index is 0.0503. The number of esters is 1. The highest BCUT2D eigenvalue weighted by molar-refractivity contribution is 5.76. The lowest BCUT2D eigenvalue weighted by Crippen LogP contribution is -2.36. The van der Waals surface area contributed by atoms with Gasteiger partial charge in [0.1, 0.15) is 0 Å². The van der Waals surface area contributed by atoms with Crippen molar-refractivity contribution in [3.8, 4) is 0 Å². The second-order valence-electron chi connectivity index (χ2n) is 9.19. The van der Waals surface area contributed by atoms with Gasteiger partial charge in [0.15, 0.2) is 6.73 Å². The van der Waals surface area contributed by atoms with Gasteiger partial charge in [0.25, 0.3) is 0 Å². The van der Waals surface area contributed by atoms with Gasteiger partial charge < -0.3 is 14.5 Å². The van der Waals surface area contributed by atoms with Crippen molar-refractivity contribution in [1.29, 1.82) is 0 Å². The third-order valence-electron chi connectivity index (χ3n) is 5.64. The lowest BCUT2D eigenvalue weighted by molar-refractivity contribution is -0.153. The van der Waals surface area contributed by atoms with Crippen LogP contribution in [0.1, 0.15) is 117 Å². The number of amides is 1. The number of carbonyl (C=O) groups is 2. The zero-order valence-corrected chi connectivity index (χ0v) is 21.7. The van der Waals surface area contributed by atoms with Crippen molar-refractivity contribution in [2.45, 2.75) is 117 Å². The van der Waals surface area contributed by atoms with E-state index in [2.05, 4.69) is 19.1 Å². The molecule has 0 saturated carbocycles. The van der Waals surface area contributed by atoms with Crippen molar-refractivity contribution in [2.75, 3.05) is 33.9 Å². The molecule has 0 bridgehead atoms. The molecule has 0 rings (SSSR count). The molecule has 0 aliphatic rings. The molecule has 0 aliphatic carbocycles. The molecule has 32 heavy (non-hydrogen) atoms. The molecule has 0 radical (unpaired) electrons. The molecule has 0 atom stereocenters. The molecule has 0 aromatic rings. The second kappa shape index (κ2) is 22.8. The molecular weight excluding hydrogens is 400 g/mol. The Bertz CT molecular complexity index is 478. The molecule has 0 aromatic carbocycles. The minimum atomic E-state index is -0.191. The summed E-state index contributed by atoms with van der Waals surface area (Å²) in [6.07, 6.45) is 22.6. The molecule has 188 valence electrons. The van der Waals surface area contributed by atoms with Crippen LogP contribution in [0.5, 0.6) is 0 Å². The van der Waals surface area contributed by atoms with Crippen LogP contribution in [-0.4, -0.2) is 55.6 Å². The van der Waals surface area contributed by atoms with Crippen LogP contribution in [0.4, 0.5) is 0 Å². The summed E-state index contributed by atoms with van der Waals surface area (Å²) >= 11 is 0. The van der Waals surface area contributed by atoms with Gasteiger partial charge in [-0.3, -0.25) is 9.59 Å². The quantitative estimate of drug-likeness (QED) is 0.0792. The van der Waals surface area contributed by atoms with E-state index in [-0.39, 0.29) is 18.6 Å². The van der Waals surface area contributed by atoms with E-state index in [9.17, 15) is 9.59 Å². The van der Waals surface area contributed by atoms with Gasteiger partial charge in [-0.1, -0.05) is 77.4 Å². The Morgan fingerprint density at radius 2 is 1.25 bits per heavy atom. The summed E-state index contributed by atoms with van der Waals surface area (Å²) in [4.78, 5) is 27.9. The summed E-state index contributed by atoms with van der Waals surface area (Å²) in [5.74, 6) is -0.140. The van der Waals surface area contributed by atoms with E-state index in [1.807, 2.05) is 25.9 Å². The number of unbranched alkanes of at least 4 members (excludes halogenated alkanes) is 11. The van der Waals surface area contributed by atoms with Crippen LogP contribution in [-0.2, 0) is 14.3 Å². The Kier molecular flexibility index (Phi) is 21.9. The number of nitrogens with zero attached hydrogens (tertiary/aromatic N) is 2. The van der Waals surface area contributed by atoms with Crippen LogP contribution >= 0.6 is 0 Å². The van der Waals surface area contributed by atoms with Crippen LogP contribution in [0.25, 0.3) is 0 Å². The van der Waals surface area contributed by atoms with E-state index in [1.54, 1.807) is 4.90 Å². The van der Waals surface area contributed by atoms with Gasteiger partial charge in [-0.15, -0.1) is 0 Å². The van der Waals surface area contributed by atoms with Gasteiger partial charge in [0.2, 0.25) is 5.91 Å². The standard InChI is InChI=1S/C27H52N2O3/c1-5-7-8-9-10-11-12-13-14-15-16-17-18-19-20-21-27(31)32-25-29(23-6-2)26(30)22-24-28(3)4/h13-14H,5-12,15-25H2,1-4H3/b14-13-. The van der Waals surface area contributed by atoms with E-state index in [0.29, 0.717) is 25.9 Å². The van der Waals surface area contributed by atoms with Gasteiger partial charge in [-0.05, 0) is 52.6 Å². The molecule has 5 heteroatoms. The van der Waals surface area contributed by atoms with E-state index in [1.165, 1.54) is 70.6 Å². The molecule has 0 aliphatic heterocycles. The fourth-order valence-electron chi connectivity index (χ4n) is 3.57. The van der Waals surface area contributed by atoms with Crippen LogP contribution < -0.4 is 0 Å². The summed E-state index contributed by atoms with van der Waals surface area (Å²) in [5.41, 5.74) is 0. The largest absolute Gasteiger partial charge is 0.444 e. The van der Waals surface area contributed by atoms with Crippen molar-refractivity contribution >= 4 is 11.9 Å². The number of carbonyl (C=O) groups excluding carboxylic acids is 2. The van der Waals surface area contributed by atoms with Gasteiger partial charge >= 0.3 is 5.97 Å². The SMILES string of the molecule is CCCCCCCC/C=C\CCCCCCCC(=O)OCN(CCC)C(=O)CCN(C)C. The third kappa shape index (κ3) is 20.5. The Hall–Kier alpha value is -1.36. The number of rotatable bonds is 22. The summed E-state index contributed by atoms with van der Waals surface area (Å²) in [6.45, 7) is 5.72. The molecular formula is C27H52N2O3. The molecule has 0 spiro atoms. The first-order valence-electron chi connectivity index (χ1n) is 13.2. The van der Waals surface area contributed by atoms with Gasteiger partial charge in [0, 0.05) is 25.9 Å². The lowest BCUT2D eigenvalue weighted by atomic mass is 10.1. The molecule has 0 N–H and O–H groups in total. The fourth-order valence-corrected chi connectivity index (χ4v) is 3.57. The monoisotopic (exact) mass is 452 g/mol. The first-order chi connectivity index (χ1) is 15.5. The maximum Gasteiger partial charge on any atom is 0.307 e. The van der Waals surface area contributed by atoms with Crippen molar-refractivity contribution in [2.24, 2.45) is 0 Å². The summed E-state index contributed by atoms with van der Waals surface area (Å²) in [6, 6.07) is 0. The summed E-state index contributed by atoms with van der Waals surface area (Å²) in [7, 11) is 3.90. The maximum absolute atomic E-state index is 12.3. The molecule has 0 unspecified atom stereocenters. The Morgan fingerprint density at radius 3 is 1.81 bits per heavy atom. The Balaban J connectivity index is 3.63. The third-order valence-corrected chi connectivity index (χ3v) is 5.64. The minimum Gasteiger partial charge on any atom is -0.444 e. The van der Waals surface area contributed by atoms with Crippen LogP contribution in [0.3, 0.4) is 0 Å². The first-order valence-corrected chi connectivity index (χ1v) is 13.2. The maximum atomic E-state index is 12.3. The molecule has 0 fully saturated rings. The van der Waals surface area contributed by atoms with Crippen LogP contribution in [0, 0.1) is 0 Å². The second-order valence-corrected chi connectivity index (χ2v) is 9.19. The fraction of sp³-hybridized carbons (Fsp3) is 0.852. The van der Waals surface area contributed by atoms with Crippen LogP contribution in [0.15, 0.2) is 12.2 Å². The molecule has 0 saturated heterocycles. The van der Waals surface area contributed by atoms with Gasteiger partial charge in [-0.2, -0.15) is 0 Å². The average molecular weight is 453 g/mol. The van der Waals surface area contributed by atoms with E-state index in [4.69, 9.17) is 4.74 Å². The first kappa shape index (κ1) is 30.6. The zero-order valence-electron chi connectivity index (χ0n) is 21.7. The summed E-state index contributed by atoms with van der Waals surface area (Å²) in [5, 5.41) is 0. The predicted octanol–water partition coefficient (Wildman–Crippen LogP) is 6.71. The predicted molar refractivity (Wildman–Crippen MR) is 136 cm³/mol. The topological polar surface area (TPSA) is 49.9 Å². The highest BCUT2D eigenvalue weighted by atomic mass is 16.5.